The van der Waals surface area contributed by atoms with E-state index in [9.17, 15) is 22.8 Å². The number of nitrogens with zero attached hydrogens (tertiary/aromatic N) is 2. The standard InChI is InChI=1S/C23H26F3N3O3/c1-32-20-8-5-17(6-9-20)7-10-21(30)28-11-13-29(14-12-28)22(31)16-27-19-4-2-3-18(15-19)23(24,25)26/h2-6,8-9,15,27H,7,10-14,16H2,1H3. The van der Waals surface area contributed by atoms with Gasteiger partial charge in [-0.25, -0.2) is 0 Å². The van der Waals surface area contributed by atoms with Gasteiger partial charge in [-0.05, 0) is 42.3 Å². The van der Waals surface area contributed by atoms with Gasteiger partial charge in [-0.1, -0.05) is 18.2 Å². The van der Waals surface area contributed by atoms with Gasteiger partial charge in [0.1, 0.15) is 5.75 Å². The Bertz CT molecular complexity index is 924. The first-order chi connectivity index (χ1) is 15.3. The third-order valence-corrected chi connectivity index (χ3v) is 5.41. The average Bonchev–Trinajstić information content (AvgIpc) is 2.81. The van der Waals surface area contributed by atoms with Crippen LogP contribution >= 0.6 is 0 Å². The number of aryl methyl sites for hydroxylation is 1. The van der Waals surface area contributed by atoms with Crippen molar-refractivity contribution in [2.75, 3.05) is 45.2 Å². The Morgan fingerprint density at radius 2 is 1.59 bits per heavy atom. The van der Waals surface area contributed by atoms with Gasteiger partial charge in [0.15, 0.2) is 0 Å². The molecule has 2 amide bonds. The number of hydrogen-bond acceptors (Lipinski definition) is 4. The van der Waals surface area contributed by atoms with E-state index < -0.39 is 11.7 Å². The fourth-order valence-electron chi connectivity index (χ4n) is 3.50. The minimum atomic E-state index is -4.43. The summed E-state index contributed by atoms with van der Waals surface area (Å²) in [5.41, 5.74) is 0.519. The first-order valence-corrected chi connectivity index (χ1v) is 10.4. The molecule has 0 spiro atoms. The van der Waals surface area contributed by atoms with Crippen LogP contribution in [0.1, 0.15) is 17.5 Å². The molecule has 0 radical (unpaired) electrons. The Labute approximate surface area is 184 Å². The Morgan fingerprint density at radius 3 is 2.19 bits per heavy atom. The zero-order valence-electron chi connectivity index (χ0n) is 17.8. The number of piperazine rings is 1. The number of amides is 2. The van der Waals surface area contributed by atoms with Crippen molar-refractivity contribution in [3.63, 3.8) is 0 Å². The van der Waals surface area contributed by atoms with Crippen LogP contribution in [0.3, 0.4) is 0 Å². The molecule has 0 aliphatic carbocycles. The summed E-state index contributed by atoms with van der Waals surface area (Å²) in [6, 6.07) is 12.3. The summed E-state index contributed by atoms with van der Waals surface area (Å²) in [5, 5.41) is 2.75. The summed E-state index contributed by atoms with van der Waals surface area (Å²) >= 11 is 0. The van der Waals surface area contributed by atoms with Gasteiger partial charge in [0.05, 0.1) is 19.2 Å². The highest BCUT2D eigenvalue weighted by Gasteiger charge is 2.30. The molecule has 0 saturated carbocycles. The molecule has 0 atom stereocenters. The third-order valence-electron chi connectivity index (χ3n) is 5.41. The number of anilines is 1. The fraction of sp³-hybridized carbons (Fsp3) is 0.391. The van der Waals surface area contributed by atoms with E-state index in [0.29, 0.717) is 39.0 Å². The normalized spacial score (nSPS) is 14.2. The molecular weight excluding hydrogens is 423 g/mol. The number of alkyl halides is 3. The van der Waals surface area contributed by atoms with Gasteiger partial charge in [-0.15, -0.1) is 0 Å². The molecule has 172 valence electrons. The summed E-state index contributed by atoms with van der Waals surface area (Å²) in [6.45, 7) is 1.58. The van der Waals surface area contributed by atoms with E-state index >= 15 is 0 Å². The Morgan fingerprint density at radius 1 is 0.969 bits per heavy atom. The number of carbonyl (C=O) groups excluding carboxylic acids is 2. The van der Waals surface area contributed by atoms with Gasteiger partial charge in [0, 0.05) is 38.3 Å². The van der Waals surface area contributed by atoms with Crippen molar-refractivity contribution in [2.24, 2.45) is 0 Å². The summed E-state index contributed by atoms with van der Waals surface area (Å²) in [5.74, 6) is 0.589. The Hall–Kier alpha value is -3.23. The maximum Gasteiger partial charge on any atom is 0.416 e. The van der Waals surface area contributed by atoms with Crippen LogP contribution in [0.4, 0.5) is 18.9 Å². The van der Waals surface area contributed by atoms with Crippen molar-refractivity contribution in [1.82, 2.24) is 9.80 Å². The van der Waals surface area contributed by atoms with Gasteiger partial charge in [-0.3, -0.25) is 9.59 Å². The molecule has 2 aromatic carbocycles. The van der Waals surface area contributed by atoms with E-state index in [1.807, 2.05) is 24.3 Å². The van der Waals surface area contributed by atoms with E-state index in [4.69, 9.17) is 4.74 Å². The smallest absolute Gasteiger partial charge is 0.416 e. The van der Waals surface area contributed by atoms with E-state index in [-0.39, 0.29) is 24.0 Å². The third kappa shape index (κ3) is 6.38. The molecular formula is C23H26F3N3O3. The molecule has 1 fully saturated rings. The number of halogens is 3. The fourth-order valence-corrected chi connectivity index (χ4v) is 3.50. The predicted octanol–water partition coefficient (Wildman–Crippen LogP) is 3.43. The lowest BCUT2D eigenvalue weighted by Gasteiger charge is -2.35. The van der Waals surface area contributed by atoms with Crippen LogP contribution in [-0.4, -0.2) is 61.4 Å². The first kappa shape index (κ1) is 23.4. The lowest BCUT2D eigenvalue weighted by molar-refractivity contribution is -0.138. The molecule has 1 aliphatic rings. The maximum absolute atomic E-state index is 12.8. The molecule has 1 aliphatic heterocycles. The van der Waals surface area contributed by atoms with Crippen LogP contribution in [0.15, 0.2) is 48.5 Å². The van der Waals surface area contributed by atoms with Crippen LogP contribution in [0.2, 0.25) is 0 Å². The summed E-state index contributed by atoms with van der Waals surface area (Å²) in [7, 11) is 1.60. The minimum Gasteiger partial charge on any atom is -0.497 e. The molecule has 32 heavy (non-hydrogen) atoms. The second-order valence-corrected chi connectivity index (χ2v) is 7.54. The Kier molecular flexibility index (Phi) is 7.61. The molecule has 0 unspecified atom stereocenters. The SMILES string of the molecule is COc1ccc(CCC(=O)N2CCN(C(=O)CNc3cccc(C(F)(F)F)c3)CC2)cc1. The predicted molar refractivity (Wildman–Crippen MR) is 114 cm³/mol. The highest BCUT2D eigenvalue weighted by Crippen LogP contribution is 2.30. The van der Waals surface area contributed by atoms with Crippen molar-refractivity contribution < 1.29 is 27.5 Å². The molecule has 1 saturated heterocycles. The van der Waals surface area contributed by atoms with Crippen molar-refractivity contribution in [3.8, 4) is 5.75 Å². The molecule has 9 heteroatoms. The van der Waals surface area contributed by atoms with Crippen LogP contribution < -0.4 is 10.1 Å². The lowest BCUT2D eigenvalue weighted by Crippen LogP contribution is -2.51. The monoisotopic (exact) mass is 449 g/mol. The summed E-state index contributed by atoms with van der Waals surface area (Å²) in [4.78, 5) is 28.3. The van der Waals surface area contributed by atoms with Crippen molar-refractivity contribution >= 4 is 17.5 Å². The highest BCUT2D eigenvalue weighted by molar-refractivity contribution is 5.81. The topological polar surface area (TPSA) is 61.9 Å². The van der Waals surface area contributed by atoms with Crippen LogP contribution in [0.5, 0.6) is 5.75 Å². The molecule has 0 bridgehead atoms. The summed E-state index contributed by atoms with van der Waals surface area (Å²) in [6.07, 6.45) is -3.42. The van der Waals surface area contributed by atoms with Crippen molar-refractivity contribution in [1.29, 1.82) is 0 Å². The van der Waals surface area contributed by atoms with E-state index in [1.165, 1.54) is 12.1 Å². The van der Waals surface area contributed by atoms with Crippen molar-refractivity contribution in [3.05, 3.63) is 59.7 Å². The number of hydrogen-bond donors (Lipinski definition) is 1. The lowest BCUT2D eigenvalue weighted by atomic mass is 10.1. The zero-order chi connectivity index (χ0) is 23.1. The zero-order valence-corrected chi connectivity index (χ0v) is 17.8. The second-order valence-electron chi connectivity index (χ2n) is 7.54. The number of nitrogens with one attached hydrogen (secondary N) is 1. The van der Waals surface area contributed by atoms with Crippen LogP contribution in [-0.2, 0) is 22.2 Å². The van der Waals surface area contributed by atoms with Gasteiger partial charge in [0.2, 0.25) is 11.8 Å². The molecule has 6 nitrogen and oxygen atoms in total. The number of carbonyl (C=O) groups is 2. The number of rotatable bonds is 7. The molecule has 1 heterocycles. The number of methoxy groups -OCH3 is 1. The quantitative estimate of drug-likeness (QED) is 0.704. The van der Waals surface area contributed by atoms with Crippen molar-refractivity contribution in [2.45, 2.75) is 19.0 Å². The van der Waals surface area contributed by atoms with Gasteiger partial charge < -0.3 is 19.9 Å². The van der Waals surface area contributed by atoms with Gasteiger partial charge in [-0.2, -0.15) is 13.2 Å². The number of benzene rings is 2. The summed E-state index contributed by atoms with van der Waals surface area (Å²) < 4.78 is 43.5. The maximum atomic E-state index is 12.8. The van der Waals surface area contributed by atoms with E-state index in [2.05, 4.69) is 5.32 Å². The minimum absolute atomic E-state index is 0.0370. The molecule has 3 rings (SSSR count). The van der Waals surface area contributed by atoms with Crippen LogP contribution in [0, 0.1) is 0 Å². The van der Waals surface area contributed by atoms with Gasteiger partial charge in [0.25, 0.3) is 0 Å². The average molecular weight is 449 g/mol. The molecule has 0 aromatic heterocycles. The molecule has 2 aromatic rings. The Balaban J connectivity index is 1.41. The molecule has 1 N–H and O–H groups in total. The van der Waals surface area contributed by atoms with Gasteiger partial charge >= 0.3 is 6.18 Å². The number of ether oxygens (including phenoxy) is 1. The van der Waals surface area contributed by atoms with E-state index in [1.54, 1.807) is 16.9 Å². The van der Waals surface area contributed by atoms with Crippen LogP contribution in [0.25, 0.3) is 0 Å². The highest BCUT2D eigenvalue weighted by atomic mass is 19.4. The second kappa shape index (κ2) is 10.4. The van der Waals surface area contributed by atoms with E-state index in [0.717, 1.165) is 23.4 Å². The first-order valence-electron chi connectivity index (χ1n) is 10.4. The largest absolute Gasteiger partial charge is 0.497 e.